The zero-order chi connectivity index (χ0) is 26.6. The summed E-state index contributed by atoms with van der Waals surface area (Å²) in [7, 11) is -5.55. The van der Waals surface area contributed by atoms with Crippen LogP contribution >= 0.6 is 0 Å². The van der Waals surface area contributed by atoms with Gasteiger partial charge in [-0.2, -0.15) is 21.6 Å². The molecule has 37 heavy (non-hydrogen) atoms. The molecule has 0 atom stereocenters. The molecule has 0 amide bonds. The molecule has 198 valence electrons. The van der Waals surface area contributed by atoms with Crippen LogP contribution in [0.15, 0.2) is 53.7 Å². The highest BCUT2D eigenvalue weighted by Gasteiger charge is 2.46. The van der Waals surface area contributed by atoms with Crippen LogP contribution in [0.5, 0.6) is 5.75 Å². The van der Waals surface area contributed by atoms with Gasteiger partial charge in [-0.05, 0) is 35.7 Å². The maximum atomic E-state index is 12.6. The lowest BCUT2D eigenvalue weighted by molar-refractivity contribution is -0.0429. The quantitative estimate of drug-likeness (QED) is 0.444. The minimum atomic E-state index is -5.55. The largest absolute Gasteiger partial charge is 0.516 e. The van der Waals surface area contributed by atoms with Crippen molar-refractivity contribution < 1.29 is 26.3 Å². The maximum absolute atomic E-state index is 12.6. The number of sulfonamides is 1. The van der Waals surface area contributed by atoms with Gasteiger partial charge in [0.05, 0.1) is 5.56 Å². The van der Waals surface area contributed by atoms with Gasteiger partial charge in [0.25, 0.3) is 5.56 Å². The number of aryl methyl sites for hydroxylation is 1. The highest BCUT2D eigenvalue weighted by Crippen LogP contribution is 2.31. The number of nitrogens with one attached hydrogen (secondary N) is 2. The van der Waals surface area contributed by atoms with Crippen molar-refractivity contribution in [1.82, 2.24) is 15.0 Å². The predicted octanol–water partition coefficient (Wildman–Crippen LogP) is 4.09. The summed E-state index contributed by atoms with van der Waals surface area (Å²) in [6, 6.07) is 6.62. The third-order valence-corrected chi connectivity index (χ3v) is 7.02. The van der Waals surface area contributed by atoms with E-state index in [1.165, 1.54) is 23.1 Å². The fourth-order valence-corrected chi connectivity index (χ4v) is 4.59. The highest BCUT2D eigenvalue weighted by atomic mass is 32.2. The molecule has 0 unspecified atom stereocenters. The van der Waals surface area contributed by atoms with Gasteiger partial charge < -0.3 is 14.6 Å². The minimum Gasteiger partial charge on any atom is -0.489 e. The molecule has 3 aromatic rings. The van der Waals surface area contributed by atoms with Gasteiger partial charge in [0.2, 0.25) is 5.95 Å². The summed E-state index contributed by atoms with van der Waals surface area (Å²) >= 11 is 0. The number of benzene rings is 1. The molecule has 3 heterocycles. The van der Waals surface area contributed by atoms with Crippen LogP contribution in [-0.2, 0) is 16.4 Å². The lowest BCUT2D eigenvalue weighted by Crippen LogP contribution is -2.39. The molecule has 2 aromatic heterocycles. The molecular weight excluding hydrogens is 511 g/mol. The van der Waals surface area contributed by atoms with Gasteiger partial charge in [-0.25, -0.2) is 9.97 Å². The van der Waals surface area contributed by atoms with Crippen molar-refractivity contribution >= 4 is 21.7 Å². The summed E-state index contributed by atoms with van der Waals surface area (Å²) < 4.78 is 68.2. The molecule has 0 aliphatic carbocycles. The number of pyridine rings is 1. The van der Waals surface area contributed by atoms with Gasteiger partial charge in [0, 0.05) is 50.2 Å². The van der Waals surface area contributed by atoms with E-state index in [0.29, 0.717) is 43.2 Å². The zero-order valence-electron chi connectivity index (χ0n) is 20.0. The van der Waals surface area contributed by atoms with Crippen molar-refractivity contribution in [2.75, 3.05) is 22.7 Å². The van der Waals surface area contributed by atoms with Crippen molar-refractivity contribution in [3.8, 4) is 16.9 Å². The number of ether oxygens (including phenoxy) is 1. The Morgan fingerprint density at radius 1 is 1.11 bits per heavy atom. The zero-order valence-corrected chi connectivity index (χ0v) is 20.8. The molecule has 1 fully saturated rings. The number of rotatable bonds is 8. The van der Waals surface area contributed by atoms with Crippen molar-refractivity contribution in [2.24, 2.45) is 0 Å². The molecule has 1 aliphatic heterocycles. The number of hydrogen-bond acceptors (Lipinski definition) is 7. The summed E-state index contributed by atoms with van der Waals surface area (Å²) in [5, 5.41) is 0. The van der Waals surface area contributed by atoms with Crippen LogP contribution in [0.1, 0.15) is 31.7 Å². The topological polar surface area (TPSA) is 117 Å². The highest BCUT2D eigenvalue weighted by molar-refractivity contribution is 7.93. The lowest BCUT2D eigenvalue weighted by atomic mass is 10.0. The van der Waals surface area contributed by atoms with E-state index < -0.39 is 21.1 Å². The molecule has 4 rings (SSSR count). The van der Waals surface area contributed by atoms with E-state index in [9.17, 15) is 26.4 Å². The number of halogens is 3. The molecule has 1 aliphatic rings. The maximum Gasteiger partial charge on any atom is 0.516 e. The average molecular weight is 538 g/mol. The van der Waals surface area contributed by atoms with E-state index in [1.807, 2.05) is 12.4 Å². The summed E-state index contributed by atoms with van der Waals surface area (Å²) in [5.41, 5.74) is -4.51. The lowest BCUT2D eigenvalue weighted by Gasteiger charge is -2.32. The number of anilines is 2. The monoisotopic (exact) mass is 537 g/mol. The summed E-state index contributed by atoms with van der Waals surface area (Å²) in [5.74, 6) is 0.988. The SMILES string of the molecule is CCCc1cnc(N2CCC(Oc3cc[nH]c(=O)c3-c3ccc(NS(=O)(=O)C(F)(F)F)cc3)CC2)nc1. The summed E-state index contributed by atoms with van der Waals surface area (Å²) in [6.07, 6.45) is 8.27. The van der Waals surface area contributed by atoms with Crippen LogP contribution in [0, 0.1) is 0 Å². The van der Waals surface area contributed by atoms with E-state index in [4.69, 9.17) is 4.74 Å². The number of hydrogen-bond donors (Lipinski definition) is 2. The first-order valence-electron chi connectivity index (χ1n) is 11.7. The molecule has 2 N–H and O–H groups in total. The average Bonchev–Trinajstić information content (AvgIpc) is 2.85. The molecule has 0 radical (unpaired) electrons. The van der Waals surface area contributed by atoms with Gasteiger partial charge in [-0.1, -0.05) is 25.5 Å². The molecule has 9 nitrogen and oxygen atoms in total. The summed E-state index contributed by atoms with van der Waals surface area (Å²) in [6.45, 7) is 3.44. The Labute approximate surface area is 211 Å². The Bertz CT molecular complexity index is 1370. The van der Waals surface area contributed by atoms with E-state index in [2.05, 4.69) is 26.8 Å². The van der Waals surface area contributed by atoms with Crippen LogP contribution in [0.4, 0.5) is 24.8 Å². The first-order valence-corrected chi connectivity index (χ1v) is 13.2. The normalized spacial score (nSPS) is 15.0. The van der Waals surface area contributed by atoms with Crippen LogP contribution in [0.3, 0.4) is 0 Å². The Balaban J connectivity index is 1.44. The molecule has 13 heteroatoms. The number of H-pyrrole nitrogens is 1. The Kier molecular flexibility index (Phi) is 7.71. The van der Waals surface area contributed by atoms with Gasteiger partial charge in [-0.15, -0.1) is 0 Å². The van der Waals surface area contributed by atoms with Crippen LogP contribution in [0.25, 0.3) is 11.1 Å². The second-order valence-electron chi connectivity index (χ2n) is 8.62. The van der Waals surface area contributed by atoms with Gasteiger partial charge >= 0.3 is 15.5 Å². The van der Waals surface area contributed by atoms with E-state index in [0.717, 1.165) is 30.5 Å². The van der Waals surface area contributed by atoms with E-state index in [-0.39, 0.29) is 17.4 Å². The van der Waals surface area contributed by atoms with Gasteiger partial charge in [0.1, 0.15) is 11.9 Å². The summed E-state index contributed by atoms with van der Waals surface area (Å²) in [4.78, 5) is 26.2. The third-order valence-electron chi connectivity index (χ3n) is 5.90. The van der Waals surface area contributed by atoms with Crippen molar-refractivity contribution in [3.63, 3.8) is 0 Å². The van der Waals surface area contributed by atoms with Crippen LogP contribution < -0.4 is 19.9 Å². The molecule has 0 bridgehead atoms. The van der Waals surface area contributed by atoms with Crippen molar-refractivity contribution in [2.45, 2.75) is 44.2 Å². The van der Waals surface area contributed by atoms with Crippen LogP contribution in [-0.4, -0.2) is 48.1 Å². The molecule has 0 saturated carbocycles. The molecular formula is C24H26F3N5O4S. The Morgan fingerprint density at radius 3 is 2.35 bits per heavy atom. The van der Waals surface area contributed by atoms with Gasteiger partial charge in [-0.3, -0.25) is 9.52 Å². The minimum absolute atomic E-state index is 0.172. The third kappa shape index (κ3) is 6.21. The van der Waals surface area contributed by atoms with E-state index >= 15 is 0 Å². The standard InChI is InChI=1S/C24H26F3N5O4S/c1-2-3-16-14-29-23(30-15-16)32-12-9-19(10-13-32)36-20-8-11-28-22(33)21(20)17-4-6-18(7-5-17)31-37(34,35)24(25,26)27/h4-8,11,14-15,19,31H,2-3,9-10,12-13H2,1H3,(H,28,33). The number of aromatic nitrogens is 3. The second kappa shape index (κ2) is 10.8. The first-order chi connectivity index (χ1) is 17.6. The smallest absolute Gasteiger partial charge is 0.489 e. The number of nitrogens with zero attached hydrogens (tertiary/aromatic N) is 3. The van der Waals surface area contributed by atoms with Crippen LogP contribution in [0.2, 0.25) is 0 Å². The second-order valence-corrected chi connectivity index (χ2v) is 10.3. The first kappa shape index (κ1) is 26.5. The Morgan fingerprint density at radius 2 is 1.76 bits per heavy atom. The predicted molar refractivity (Wildman–Crippen MR) is 133 cm³/mol. The van der Waals surface area contributed by atoms with E-state index in [1.54, 1.807) is 6.07 Å². The Hall–Kier alpha value is -3.61. The number of piperidine rings is 1. The fraction of sp³-hybridized carbons (Fsp3) is 0.375. The molecule has 1 aromatic carbocycles. The number of aromatic amines is 1. The number of alkyl halides is 3. The molecule has 1 saturated heterocycles. The van der Waals surface area contributed by atoms with Gasteiger partial charge in [0.15, 0.2) is 0 Å². The molecule has 0 spiro atoms. The van der Waals surface area contributed by atoms with Crippen molar-refractivity contribution in [3.05, 3.63) is 64.8 Å². The fourth-order valence-electron chi connectivity index (χ4n) is 4.03. The van der Waals surface area contributed by atoms with Crippen molar-refractivity contribution in [1.29, 1.82) is 0 Å².